The first-order valence-corrected chi connectivity index (χ1v) is 5.56. The fourth-order valence-electron chi connectivity index (χ4n) is 1.59. The molecule has 3 N–H and O–H groups in total. The van der Waals surface area contributed by atoms with E-state index in [9.17, 15) is 0 Å². The van der Waals surface area contributed by atoms with Crippen molar-refractivity contribution >= 4 is 11.3 Å². The third-order valence-corrected chi connectivity index (χ3v) is 3.74. The van der Waals surface area contributed by atoms with Crippen LogP contribution in [0.1, 0.15) is 21.6 Å². The zero-order valence-corrected chi connectivity index (χ0v) is 9.05. The molecule has 14 heavy (non-hydrogen) atoms. The molecule has 1 aromatic rings. The summed E-state index contributed by atoms with van der Waals surface area (Å²) in [6.45, 7) is 1.97. The summed E-state index contributed by atoms with van der Waals surface area (Å²) in [7, 11) is 2.09. The maximum absolute atomic E-state index is 8.93. The van der Waals surface area contributed by atoms with Gasteiger partial charge in [-0.1, -0.05) is 0 Å². The number of likely N-dealkylation sites (N-methyl/N-ethyl adjacent to an activating group) is 1. The Hall–Kier alpha value is -0.490. The number of rotatable bonds is 2. The standard InChI is InChI=1S/C9H15N3OS/c1-12-3-2-8-7(4-12)11-9(14-8)6(10)5-13/h6,13H,2-5,10H2,1H3. The van der Waals surface area contributed by atoms with Crippen LogP contribution in [-0.4, -0.2) is 35.2 Å². The highest BCUT2D eigenvalue weighted by atomic mass is 32.1. The zero-order valence-electron chi connectivity index (χ0n) is 8.23. The molecule has 1 unspecified atom stereocenters. The summed E-state index contributed by atoms with van der Waals surface area (Å²) >= 11 is 1.65. The van der Waals surface area contributed by atoms with Crippen molar-refractivity contribution in [2.24, 2.45) is 5.73 Å². The summed E-state index contributed by atoms with van der Waals surface area (Å²) in [6.07, 6.45) is 1.06. The molecule has 1 aromatic heterocycles. The van der Waals surface area contributed by atoms with E-state index < -0.39 is 0 Å². The Morgan fingerprint density at radius 1 is 1.71 bits per heavy atom. The van der Waals surface area contributed by atoms with Crippen molar-refractivity contribution in [2.45, 2.75) is 19.0 Å². The van der Waals surface area contributed by atoms with Gasteiger partial charge in [0.2, 0.25) is 0 Å². The lowest BCUT2D eigenvalue weighted by atomic mass is 10.2. The SMILES string of the molecule is CN1CCc2sc(C(N)CO)nc2C1. The van der Waals surface area contributed by atoms with Gasteiger partial charge in [-0.15, -0.1) is 11.3 Å². The molecule has 0 aromatic carbocycles. The minimum Gasteiger partial charge on any atom is -0.394 e. The summed E-state index contributed by atoms with van der Waals surface area (Å²) in [5.74, 6) is 0. The van der Waals surface area contributed by atoms with E-state index in [1.54, 1.807) is 11.3 Å². The van der Waals surface area contributed by atoms with Crippen LogP contribution in [0.5, 0.6) is 0 Å². The fraction of sp³-hybridized carbons (Fsp3) is 0.667. The summed E-state index contributed by atoms with van der Waals surface area (Å²) < 4.78 is 0. The van der Waals surface area contributed by atoms with E-state index in [0.29, 0.717) is 0 Å². The van der Waals surface area contributed by atoms with Gasteiger partial charge in [0.15, 0.2) is 0 Å². The lowest BCUT2D eigenvalue weighted by Gasteiger charge is -2.20. The smallest absolute Gasteiger partial charge is 0.112 e. The third-order valence-electron chi connectivity index (χ3n) is 2.45. The zero-order chi connectivity index (χ0) is 10.1. The lowest BCUT2D eigenvalue weighted by molar-refractivity contribution is 0.267. The van der Waals surface area contributed by atoms with Gasteiger partial charge >= 0.3 is 0 Å². The largest absolute Gasteiger partial charge is 0.394 e. The maximum atomic E-state index is 8.93. The predicted molar refractivity (Wildman–Crippen MR) is 56.2 cm³/mol. The van der Waals surface area contributed by atoms with Gasteiger partial charge < -0.3 is 15.7 Å². The average Bonchev–Trinajstić information content (AvgIpc) is 2.59. The second kappa shape index (κ2) is 3.94. The van der Waals surface area contributed by atoms with E-state index in [1.165, 1.54) is 4.88 Å². The molecule has 2 heterocycles. The van der Waals surface area contributed by atoms with Gasteiger partial charge in [-0.05, 0) is 13.5 Å². The second-order valence-corrected chi connectivity index (χ2v) is 4.81. The van der Waals surface area contributed by atoms with Crippen LogP contribution >= 0.6 is 11.3 Å². The van der Waals surface area contributed by atoms with E-state index in [0.717, 1.165) is 30.2 Å². The Kier molecular flexibility index (Phi) is 2.83. The molecular weight excluding hydrogens is 198 g/mol. The molecule has 1 atom stereocenters. The van der Waals surface area contributed by atoms with Crippen molar-refractivity contribution in [3.63, 3.8) is 0 Å². The van der Waals surface area contributed by atoms with Crippen LogP contribution in [0.15, 0.2) is 0 Å². The van der Waals surface area contributed by atoms with Crippen molar-refractivity contribution in [3.8, 4) is 0 Å². The molecule has 5 heteroatoms. The van der Waals surface area contributed by atoms with Crippen molar-refractivity contribution in [2.75, 3.05) is 20.2 Å². The highest BCUT2D eigenvalue weighted by Crippen LogP contribution is 2.26. The van der Waals surface area contributed by atoms with Crippen LogP contribution in [0.3, 0.4) is 0 Å². The number of fused-ring (bicyclic) bond motifs is 1. The van der Waals surface area contributed by atoms with E-state index >= 15 is 0 Å². The lowest BCUT2D eigenvalue weighted by Crippen LogP contribution is -2.25. The Bertz CT molecular complexity index is 326. The number of aromatic nitrogens is 1. The molecule has 2 rings (SSSR count). The highest BCUT2D eigenvalue weighted by molar-refractivity contribution is 7.11. The van der Waals surface area contributed by atoms with Crippen molar-refractivity contribution in [1.29, 1.82) is 0 Å². The molecule has 4 nitrogen and oxygen atoms in total. The van der Waals surface area contributed by atoms with Crippen molar-refractivity contribution < 1.29 is 5.11 Å². The number of nitrogens with zero attached hydrogens (tertiary/aromatic N) is 2. The van der Waals surface area contributed by atoms with E-state index in [4.69, 9.17) is 10.8 Å². The van der Waals surface area contributed by atoms with Crippen LogP contribution in [0.25, 0.3) is 0 Å². The van der Waals surface area contributed by atoms with Crippen molar-refractivity contribution in [3.05, 3.63) is 15.6 Å². The topological polar surface area (TPSA) is 62.4 Å². The van der Waals surface area contributed by atoms with Gasteiger partial charge in [-0.3, -0.25) is 0 Å². The molecule has 0 bridgehead atoms. The first kappa shape index (κ1) is 10.0. The molecule has 1 aliphatic rings. The summed E-state index contributed by atoms with van der Waals surface area (Å²) in [4.78, 5) is 8.05. The first-order chi connectivity index (χ1) is 6.70. The van der Waals surface area contributed by atoms with Crippen LogP contribution in [-0.2, 0) is 13.0 Å². The number of thiazole rings is 1. The fourth-order valence-corrected chi connectivity index (χ4v) is 2.64. The number of hydrogen-bond donors (Lipinski definition) is 2. The van der Waals surface area contributed by atoms with Crippen LogP contribution < -0.4 is 5.73 Å². The Labute approximate surface area is 87.4 Å². The average molecular weight is 213 g/mol. The van der Waals surface area contributed by atoms with E-state index in [-0.39, 0.29) is 12.6 Å². The van der Waals surface area contributed by atoms with Crippen LogP contribution in [0.4, 0.5) is 0 Å². The molecule has 78 valence electrons. The summed E-state index contributed by atoms with van der Waals surface area (Å²) in [6, 6.07) is -0.309. The number of aliphatic hydroxyl groups is 1. The summed E-state index contributed by atoms with van der Waals surface area (Å²) in [5.41, 5.74) is 6.87. The van der Waals surface area contributed by atoms with Gasteiger partial charge in [0, 0.05) is 18.0 Å². The van der Waals surface area contributed by atoms with E-state index in [1.807, 2.05) is 0 Å². The third kappa shape index (κ3) is 1.81. The normalized spacial score (nSPS) is 19.4. The molecule has 0 aliphatic carbocycles. The monoisotopic (exact) mass is 213 g/mol. The molecular formula is C9H15N3OS. The van der Waals surface area contributed by atoms with Crippen LogP contribution in [0, 0.1) is 0 Å². The number of hydrogen-bond acceptors (Lipinski definition) is 5. The Morgan fingerprint density at radius 3 is 3.21 bits per heavy atom. The quantitative estimate of drug-likeness (QED) is 0.732. The van der Waals surface area contributed by atoms with Crippen LogP contribution in [0.2, 0.25) is 0 Å². The van der Waals surface area contributed by atoms with Gasteiger partial charge in [-0.2, -0.15) is 0 Å². The number of nitrogens with two attached hydrogens (primary N) is 1. The molecule has 0 amide bonds. The first-order valence-electron chi connectivity index (χ1n) is 4.74. The molecule has 0 radical (unpaired) electrons. The molecule has 0 saturated heterocycles. The van der Waals surface area contributed by atoms with Gasteiger partial charge in [0.05, 0.1) is 18.3 Å². The highest BCUT2D eigenvalue weighted by Gasteiger charge is 2.20. The summed E-state index contributed by atoms with van der Waals surface area (Å²) in [5, 5.41) is 9.80. The molecule has 0 saturated carbocycles. The second-order valence-electron chi connectivity index (χ2n) is 3.70. The molecule has 1 aliphatic heterocycles. The van der Waals surface area contributed by atoms with Gasteiger partial charge in [-0.25, -0.2) is 4.98 Å². The predicted octanol–water partition coefficient (Wildman–Crippen LogP) is 0.123. The minimum atomic E-state index is -0.309. The van der Waals surface area contributed by atoms with Gasteiger partial charge in [0.25, 0.3) is 0 Å². The Balaban J connectivity index is 2.23. The minimum absolute atomic E-state index is 0.0256. The Morgan fingerprint density at radius 2 is 2.50 bits per heavy atom. The van der Waals surface area contributed by atoms with Gasteiger partial charge in [0.1, 0.15) is 5.01 Å². The maximum Gasteiger partial charge on any atom is 0.112 e. The molecule has 0 fully saturated rings. The molecule has 0 spiro atoms. The van der Waals surface area contributed by atoms with E-state index in [2.05, 4.69) is 16.9 Å². The number of aliphatic hydroxyl groups excluding tert-OH is 1. The van der Waals surface area contributed by atoms with Crippen molar-refractivity contribution in [1.82, 2.24) is 9.88 Å².